The Hall–Kier alpha value is -1.02. The van der Waals surface area contributed by atoms with Crippen LogP contribution in [0.3, 0.4) is 0 Å². The van der Waals surface area contributed by atoms with Crippen molar-refractivity contribution in [1.82, 2.24) is 4.90 Å². The highest BCUT2D eigenvalue weighted by Crippen LogP contribution is 2.15. The van der Waals surface area contributed by atoms with E-state index in [4.69, 9.17) is 0 Å². The summed E-state index contributed by atoms with van der Waals surface area (Å²) in [5, 5.41) is 3.60. The molecule has 1 saturated heterocycles. The summed E-state index contributed by atoms with van der Waals surface area (Å²) >= 11 is 0. The number of nitrogens with zero attached hydrogens (tertiary/aromatic N) is 1. The summed E-state index contributed by atoms with van der Waals surface area (Å²) in [7, 11) is 0. The van der Waals surface area contributed by atoms with Crippen LogP contribution < -0.4 is 5.32 Å². The molecular formula is C13H20N2. The Morgan fingerprint density at radius 2 is 1.87 bits per heavy atom. The summed E-state index contributed by atoms with van der Waals surface area (Å²) in [5.74, 6) is 0. The normalized spacial score (nSPS) is 19.0. The minimum atomic E-state index is 0.662. The predicted molar refractivity (Wildman–Crippen MR) is 65.2 cm³/mol. The van der Waals surface area contributed by atoms with Gasteiger partial charge in [-0.3, -0.25) is 0 Å². The van der Waals surface area contributed by atoms with Gasteiger partial charge in [0.2, 0.25) is 0 Å². The van der Waals surface area contributed by atoms with Crippen molar-refractivity contribution in [2.75, 3.05) is 25.0 Å². The molecule has 0 aromatic heterocycles. The molecule has 1 fully saturated rings. The van der Waals surface area contributed by atoms with Crippen molar-refractivity contribution in [2.24, 2.45) is 0 Å². The summed E-state index contributed by atoms with van der Waals surface area (Å²) in [6.45, 7) is 5.91. The van der Waals surface area contributed by atoms with Crippen LogP contribution in [0.4, 0.5) is 5.69 Å². The van der Waals surface area contributed by atoms with E-state index in [-0.39, 0.29) is 0 Å². The standard InChI is InChI=1S/C13H20N2/c1-2-15-10-8-13(9-11-15)14-12-6-4-3-5-7-12/h3-7,13-14H,2,8-11H2,1H3. The van der Waals surface area contributed by atoms with Crippen LogP contribution in [0.1, 0.15) is 19.8 Å². The van der Waals surface area contributed by atoms with Gasteiger partial charge in [0.15, 0.2) is 0 Å². The zero-order valence-corrected chi connectivity index (χ0v) is 9.45. The molecule has 0 saturated carbocycles. The minimum absolute atomic E-state index is 0.662. The molecule has 1 aromatic carbocycles. The Labute approximate surface area is 92.3 Å². The maximum atomic E-state index is 3.60. The molecule has 0 unspecified atom stereocenters. The molecule has 0 aliphatic carbocycles. The Bertz CT molecular complexity index is 276. The van der Waals surface area contributed by atoms with Gasteiger partial charge < -0.3 is 10.2 Å². The van der Waals surface area contributed by atoms with Gasteiger partial charge in [0, 0.05) is 24.8 Å². The van der Waals surface area contributed by atoms with Crippen LogP contribution in [0.25, 0.3) is 0 Å². The van der Waals surface area contributed by atoms with Crippen molar-refractivity contribution in [3.05, 3.63) is 30.3 Å². The zero-order chi connectivity index (χ0) is 10.5. The summed E-state index contributed by atoms with van der Waals surface area (Å²) in [4.78, 5) is 2.52. The van der Waals surface area contributed by atoms with Crippen molar-refractivity contribution in [2.45, 2.75) is 25.8 Å². The summed E-state index contributed by atoms with van der Waals surface area (Å²) < 4.78 is 0. The summed E-state index contributed by atoms with van der Waals surface area (Å²) in [6.07, 6.45) is 2.53. The summed E-state index contributed by atoms with van der Waals surface area (Å²) in [6, 6.07) is 11.2. The average Bonchev–Trinajstić information content (AvgIpc) is 2.31. The van der Waals surface area contributed by atoms with E-state index < -0.39 is 0 Å². The molecular weight excluding hydrogens is 184 g/mol. The number of hydrogen-bond acceptors (Lipinski definition) is 2. The third kappa shape index (κ3) is 2.96. The number of para-hydroxylation sites is 1. The van der Waals surface area contributed by atoms with E-state index in [0.717, 1.165) is 0 Å². The van der Waals surface area contributed by atoms with Crippen LogP contribution in [-0.4, -0.2) is 30.6 Å². The van der Waals surface area contributed by atoms with Crippen LogP contribution in [0, 0.1) is 0 Å². The second-order valence-electron chi connectivity index (χ2n) is 4.22. The number of hydrogen-bond donors (Lipinski definition) is 1. The molecule has 2 heteroatoms. The van der Waals surface area contributed by atoms with Gasteiger partial charge in [-0.15, -0.1) is 0 Å². The molecule has 1 aromatic rings. The SMILES string of the molecule is CCN1CCC(Nc2ccccc2)CC1. The molecule has 0 amide bonds. The van der Waals surface area contributed by atoms with Crippen LogP contribution in [-0.2, 0) is 0 Å². The molecule has 2 nitrogen and oxygen atoms in total. The predicted octanol–water partition coefficient (Wildman–Crippen LogP) is 2.58. The Kier molecular flexibility index (Phi) is 3.62. The maximum Gasteiger partial charge on any atom is 0.0342 e. The molecule has 1 N–H and O–H groups in total. The Morgan fingerprint density at radius 3 is 2.47 bits per heavy atom. The molecule has 0 atom stereocenters. The van der Waals surface area contributed by atoms with E-state index in [2.05, 4.69) is 47.5 Å². The zero-order valence-electron chi connectivity index (χ0n) is 9.45. The molecule has 1 aliphatic rings. The van der Waals surface area contributed by atoms with Gasteiger partial charge in [0.25, 0.3) is 0 Å². The number of rotatable bonds is 3. The van der Waals surface area contributed by atoms with Crippen molar-refractivity contribution in [3.8, 4) is 0 Å². The molecule has 1 aliphatic heterocycles. The van der Waals surface area contributed by atoms with Crippen molar-refractivity contribution in [3.63, 3.8) is 0 Å². The van der Waals surface area contributed by atoms with Gasteiger partial charge in [-0.1, -0.05) is 25.1 Å². The van der Waals surface area contributed by atoms with E-state index in [9.17, 15) is 0 Å². The fourth-order valence-electron chi connectivity index (χ4n) is 2.16. The topological polar surface area (TPSA) is 15.3 Å². The lowest BCUT2D eigenvalue weighted by molar-refractivity contribution is 0.229. The van der Waals surface area contributed by atoms with Gasteiger partial charge in [-0.2, -0.15) is 0 Å². The fraction of sp³-hybridized carbons (Fsp3) is 0.538. The first-order valence-corrected chi connectivity index (χ1v) is 5.92. The Morgan fingerprint density at radius 1 is 1.20 bits per heavy atom. The van der Waals surface area contributed by atoms with Gasteiger partial charge in [-0.25, -0.2) is 0 Å². The third-order valence-electron chi connectivity index (χ3n) is 3.18. The largest absolute Gasteiger partial charge is 0.382 e. The highest BCUT2D eigenvalue weighted by atomic mass is 15.1. The average molecular weight is 204 g/mol. The highest BCUT2D eigenvalue weighted by Gasteiger charge is 2.17. The number of nitrogens with one attached hydrogen (secondary N) is 1. The second-order valence-corrected chi connectivity index (χ2v) is 4.22. The third-order valence-corrected chi connectivity index (χ3v) is 3.18. The number of likely N-dealkylation sites (tertiary alicyclic amines) is 1. The minimum Gasteiger partial charge on any atom is -0.382 e. The second kappa shape index (κ2) is 5.17. The van der Waals surface area contributed by atoms with E-state index >= 15 is 0 Å². The van der Waals surface area contributed by atoms with Crippen molar-refractivity contribution >= 4 is 5.69 Å². The van der Waals surface area contributed by atoms with E-state index in [1.165, 1.54) is 38.2 Å². The lowest BCUT2D eigenvalue weighted by atomic mass is 10.0. The van der Waals surface area contributed by atoms with Crippen LogP contribution in [0.5, 0.6) is 0 Å². The molecule has 1 heterocycles. The van der Waals surface area contributed by atoms with Gasteiger partial charge in [-0.05, 0) is 31.5 Å². The molecule has 0 radical (unpaired) electrons. The van der Waals surface area contributed by atoms with Crippen LogP contribution >= 0.6 is 0 Å². The van der Waals surface area contributed by atoms with E-state index in [1.807, 2.05) is 0 Å². The van der Waals surface area contributed by atoms with E-state index in [0.29, 0.717) is 6.04 Å². The van der Waals surface area contributed by atoms with Crippen molar-refractivity contribution < 1.29 is 0 Å². The monoisotopic (exact) mass is 204 g/mol. The molecule has 0 bridgehead atoms. The number of piperidine rings is 1. The number of benzene rings is 1. The van der Waals surface area contributed by atoms with Crippen LogP contribution in [0.15, 0.2) is 30.3 Å². The van der Waals surface area contributed by atoms with Gasteiger partial charge in [0.1, 0.15) is 0 Å². The smallest absolute Gasteiger partial charge is 0.0342 e. The fourth-order valence-corrected chi connectivity index (χ4v) is 2.16. The lowest BCUT2D eigenvalue weighted by Crippen LogP contribution is -2.38. The molecule has 15 heavy (non-hydrogen) atoms. The quantitative estimate of drug-likeness (QED) is 0.814. The highest BCUT2D eigenvalue weighted by molar-refractivity contribution is 5.43. The first-order chi connectivity index (χ1) is 7.38. The molecule has 0 spiro atoms. The van der Waals surface area contributed by atoms with Crippen LogP contribution in [0.2, 0.25) is 0 Å². The molecule has 2 rings (SSSR count). The van der Waals surface area contributed by atoms with E-state index in [1.54, 1.807) is 0 Å². The lowest BCUT2D eigenvalue weighted by Gasteiger charge is -2.32. The van der Waals surface area contributed by atoms with Gasteiger partial charge >= 0.3 is 0 Å². The van der Waals surface area contributed by atoms with Gasteiger partial charge in [0.05, 0.1) is 0 Å². The van der Waals surface area contributed by atoms with Crippen molar-refractivity contribution in [1.29, 1.82) is 0 Å². The first kappa shape index (κ1) is 10.5. The number of anilines is 1. The Balaban J connectivity index is 1.82. The summed E-state index contributed by atoms with van der Waals surface area (Å²) in [5.41, 5.74) is 1.26. The molecule has 82 valence electrons. The first-order valence-electron chi connectivity index (χ1n) is 5.92. The maximum absolute atomic E-state index is 3.60.